The number of rotatable bonds is 3. The monoisotopic (exact) mass is 264 g/mol. The molecule has 1 atom stereocenters. The zero-order chi connectivity index (χ0) is 14.0. The Kier molecular flexibility index (Phi) is 3.94. The first-order valence-electron chi connectivity index (χ1n) is 6.82. The minimum absolute atomic E-state index is 0.0800. The van der Waals surface area contributed by atoms with E-state index in [-0.39, 0.29) is 5.60 Å². The van der Waals surface area contributed by atoms with Gasteiger partial charge in [0.25, 0.3) is 0 Å². The van der Waals surface area contributed by atoms with E-state index in [2.05, 4.69) is 34.0 Å². The fraction of sp³-hybridized carbons (Fsp3) is 0.714. The standard InChI is InChI=1S/C14H24N4O/c1-10-12(15-4)16-11(2)17-13(10)18-8-6-7-14(3,9-18)19-5/h6-9H2,1-5H3,(H,15,16,17). The molecule has 1 saturated heterocycles. The minimum Gasteiger partial charge on any atom is -0.377 e. The lowest BCUT2D eigenvalue weighted by Crippen LogP contribution is -2.48. The number of nitrogens with one attached hydrogen (secondary N) is 1. The van der Waals surface area contributed by atoms with E-state index in [1.165, 1.54) is 0 Å². The van der Waals surface area contributed by atoms with Gasteiger partial charge in [-0.1, -0.05) is 0 Å². The Balaban J connectivity index is 2.33. The highest BCUT2D eigenvalue weighted by atomic mass is 16.5. The smallest absolute Gasteiger partial charge is 0.137 e. The first-order valence-corrected chi connectivity index (χ1v) is 6.82. The molecule has 0 aromatic carbocycles. The van der Waals surface area contributed by atoms with Crippen LogP contribution in [0.2, 0.25) is 0 Å². The zero-order valence-corrected chi connectivity index (χ0v) is 12.6. The van der Waals surface area contributed by atoms with Crippen LogP contribution in [-0.4, -0.2) is 42.8 Å². The maximum absolute atomic E-state index is 5.66. The number of hydrogen-bond donors (Lipinski definition) is 1. The Morgan fingerprint density at radius 1 is 1.32 bits per heavy atom. The summed E-state index contributed by atoms with van der Waals surface area (Å²) in [6, 6.07) is 0. The molecule has 2 rings (SSSR count). The molecule has 0 spiro atoms. The SMILES string of the molecule is CNc1nc(C)nc(N2CCCC(C)(OC)C2)c1C. The van der Waals surface area contributed by atoms with E-state index >= 15 is 0 Å². The molecule has 106 valence electrons. The number of ether oxygens (including phenoxy) is 1. The van der Waals surface area contributed by atoms with E-state index in [1.54, 1.807) is 7.11 Å². The largest absolute Gasteiger partial charge is 0.377 e. The lowest BCUT2D eigenvalue weighted by Gasteiger charge is -2.40. The molecule has 0 saturated carbocycles. The molecule has 1 aliphatic rings. The summed E-state index contributed by atoms with van der Waals surface area (Å²) >= 11 is 0. The van der Waals surface area contributed by atoms with Crippen molar-refractivity contribution in [2.75, 3.05) is 37.5 Å². The van der Waals surface area contributed by atoms with E-state index in [9.17, 15) is 0 Å². The Morgan fingerprint density at radius 2 is 2.05 bits per heavy atom. The third-order valence-electron chi connectivity index (χ3n) is 3.92. The van der Waals surface area contributed by atoms with Gasteiger partial charge in [0.15, 0.2) is 0 Å². The van der Waals surface area contributed by atoms with Crippen LogP contribution in [0.25, 0.3) is 0 Å². The summed E-state index contributed by atoms with van der Waals surface area (Å²) in [5.74, 6) is 2.74. The molecular formula is C14H24N4O. The summed E-state index contributed by atoms with van der Waals surface area (Å²) < 4.78 is 5.66. The molecule has 0 aliphatic carbocycles. The number of methoxy groups -OCH3 is 1. The molecule has 5 nitrogen and oxygen atoms in total. The minimum atomic E-state index is -0.0800. The molecule has 1 aliphatic heterocycles. The number of anilines is 2. The van der Waals surface area contributed by atoms with Crippen molar-refractivity contribution >= 4 is 11.6 Å². The summed E-state index contributed by atoms with van der Waals surface area (Å²) in [6.45, 7) is 8.08. The predicted molar refractivity (Wildman–Crippen MR) is 77.9 cm³/mol. The van der Waals surface area contributed by atoms with Gasteiger partial charge in [-0.05, 0) is 33.6 Å². The number of aryl methyl sites for hydroxylation is 1. The van der Waals surface area contributed by atoms with Crippen molar-refractivity contribution in [3.05, 3.63) is 11.4 Å². The normalized spacial score (nSPS) is 23.5. The van der Waals surface area contributed by atoms with E-state index < -0.39 is 0 Å². The first-order chi connectivity index (χ1) is 8.99. The van der Waals surface area contributed by atoms with Crippen LogP contribution in [0.5, 0.6) is 0 Å². The summed E-state index contributed by atoms with van der Waals surface area (Å²) in [5.41, 5.74) is 1.03. The van der Waals surface area contributed by atoms with Crippen molar-refractivity contribution < 1.29 is 4.74 Å². The maximum atomic E-state index is 5.66. The fourth-order valence-corrected chi connectivity index (χ4v) is 2.72. The number of aromatic nitrogens is 2. The van der Waals surface area contributed by atoms with Crippen LogP contribution >= 0.6 is 0 Å². The van der Waals surface area contributed by atoms with Gasteiger partial charge >= 0.3 is 0 Å². The van der Waals surface area contributed by atoms with Crippen LogP contribution in [0.1, 0.15) is 31.2 Å². The number of piperidine rings is 1. The Hall–Kier alpha value is -1.36. The molecule has 1 aromatic heterocycles. The third kappa shape index (κ3) is 2.81. The van der Waals surface area contributed by atoms with Crippen LogP contribution in [0.15, 0.2) is 0 Å². The molecule has 0 bridgehead atoms. The third-order valence-corrected chi connectivity index (χ3v) is 3.92. The van der Waals surface area contributed by atoms with Crippen molar-refractivity contribution in [3.8, 4) is 0 Å². The van der Waals surface area contributed by atoms with Crippen LogP contribution in [0, 0.1) is 13.8 Å². The van der Waals surface area contributed by atoms with Gasteiger partial charge in [0.1, 0.15) is 17.5 Å². The second-order valence-corrected chi connectivity index (χ2v) is 5.50. The molecule has 1 N–H and O–H groups in total. The molecule has 1 unspecified atom stereocenters. The van der Waals surface area contributed by atoms with Gasteiger partial charge in [-0.15, -0.1) is 0 Å². The maximum Gasteiger partial charge on any atom is 0.137 e. The highest BCUT2D eigenvalue weighted by Crippen LogP contribution is 2.30. The molecule has 2 heterocycles. The van der Waals surface area contributed by atoms with E-state index in [1.807, 2.05) is 14.0 Å². The Labute approximate surface area is 115 Å². The van der Waals surface area contributed by atoms with Gasteiger partial charge in [0, 0.05) is 32.8 Å². The summed E-state index contributed by atoms with van der Waals surface area (Å²) in [4.78, 5) is 11.4. The van der Waals surface area contributed by atoms with Crippen LogP contribution < -0.4 is 10.2 Å². The van der Waals surface area contributed by atoms with Crippen molar-refractivity contribution in [2.24, 2.45) is 0 Å². The highest BCUT2D eigenvalue weighted by molar-refractivity contribution is 5.58. The fourth-order valence-electron chi connectivity index (χ4n) is 2.72. The Morgan fingerprint density at radius 3 is 2.68 bits per heavy atom. The van der Waals surface area contributed by atoms with Crippen molar-refractivity contribution in [3.63, 3.8) is 0 Å². The summed E-state index contributed by atoms with van der Waals surface area (Å²) in [5, 5.41) is 3.14. The van der Waals surface area contributed by atoms with E-state index in [0.717, 1.165) is 49.0 Å². The average molecular weight is 264 g/mol. The molecule has 1 fully saturated rings. The average Bonchev–Trinajstić information content (AvgIpc) is 2.41. The number of nitrogens with zero attached hydrogens (tertiary/aromatic N) is 3. The first kappa shape index (κ1) is 14.1. The molecular weight excluding hydrogens is 240 g/mol. The van der Waals surface area contributed by atoms with Gasteiger partial charge in [-0.3, -0.25) is 0 Å². The molecule has 19 heavy (non-hydrogen) atoms. The van der Waals surface area contributed by atoms with Crippen molar-refractivity contribution in [1.82, 2.24) is 9.97 Å². The van der Waals surface area contributed by atoms with Gasteiger partial charge < -0.3 is 15.0 Å². The summed E-state index contributed by atoms with van der Waals surface area (Å²) in [6.07, 6.45) is 2.23. The predicted octanol–water partition coefficient (Wildman–Crippen LogP) is 2.14. The zero-order valence-electron chi connectivity index (χ0n) is 12.6. The van der Waals surface area contributed by atoms with Crippen molar-refractivity contribution in [2.45, 2.75) is 39.2 Å². The second kappa shape index (κ2) is 5.33. The lowest BCUT2D eigenvalue weighted by atomic mass is 9.94. The number of hydrogen-bond acceptors (Lipinski definition) is 5. The van der Waals surface area contributed by atoms with Crippen LogP contribution in [0.4, 0.5) is 11.6 Å². The quantitative estimate of drug-likeness (QED) is 0.906. The molecule has 0 radical (unpaired) electrons. The lowest BCUT2D eigenvalue weighted by molar-refractivity contribution is -0.00484. The summed E-state index contributed by atoms with van der Waals surface area (Å²) in [7, 11) is 3.69. The van der Waals surface area contributed by atoms with Gasteiger partial charge in [0.2, 0.25) is 0 Å². The molecule has 0 amide bonds. The highest BCUT2D eigenvalue weighted by Gasteiger charge is 2.32. The molecule has 5 heteroatoms. The second-order valence-electron chi connectivity index (χ2n) is 5.50. The Bertz CT molecular complexity index is 463. The molecule has 1 aromatic rings. The van der Waals surface area contributed by atoms with Crippen LogP contribution in [0.3, 0.4) is 0 Å². The van der Waals surface area contributed by atoms with E-state index in [0.29, 0.717) is 0 Å². The van der Waals surface area contributed by atoms with Gasteiger partial charge in [0.05, 0.1) is 5.60 Å². The van der Waals surface area contributed by atoms with Gasteiger partial charge in [-0.25, -0.2) is 9.97 Å². The topological polar surface area (TPSA) is 50.3 Å². The van der Waals surface area contributed by atoms with Gasteiger partial charge in [-0.2, -0.15) is 0 Å². The van der Waals surface area contributed by atoms with Crippen LogP contribution in [-0.2, 0) is 4.74 Å². The van der Waals surface area contributed by atoms with E-state index in [4.69, 9.17) is 4.74 Å². The van der Waals surface area contributed by atoms with Crippen molar-refractivity contribution in [1.29, 1.82) is 0 Å².